The molecule has 0 aliphatic heterocycles. The van der Waals surface area contributed by atoms with Crippen LogP contribution >= 0.6 is 35.8 Å². The predicted molar refractivity (Wildman–Crippen MR) is 48.9 cm³/mol. The van der Waals surface area contributed by atoms with Crippen molar-refractivity contribution in [3.8, 4) is 0 Å². The molecule has 0 amide bonds. The SMILES string of the molecule is O=C(Cl)c1ccc(Cl)c(S)c1. The molecule has 0 unspecified atom stereocenters. The Morgan fingerprint density at radius 2 is 2.09 bits per heavy atom. The van der Waals surface area contributed by atoms with Gasteiger partial charge >= 0.3 is 0 Å². The second-order valence-electron chi connectivity index (χ2n) is 1.94. The summed E-state index contributed by atoms with van der Waals surface area (Å²) in [7, 11) is 0. The maximum absolute atomic E-state index is 10.6. The van der Waals surface area contributed by atoms with Gasteiger partial charge in [-0.05, 0) is 29.8 Å². The molecule has 0 aliphatic carbocycles. The van der Waals surface area contributed by atoms with Crippen LogP contribution in [0.2, 0.25) is 5.02 Å². The average molecular weight is 207 g/mol. The van der Waals surface area contributed by atoms with E-state index in [4.69, 9.17) is 23.2 Å². The van der Waals surface area contributed by atoms with Crippen molar-refractivity contribution in [1.82, 2.24) is 0 Å². The number of hydrogen-bond donors (Lipinski definition) is 1. The average Bonchev–Trinajstić information content (AvgIpc) is 1.94. The number of benzene rings is 1. The molecule has 0 saturated carbocycles. The first kappa shape index (κ1) is 8.91. The zero-order valence-electron chi connectivity index (χ0n) is 5.34. The Hall–Kier alpha value is -0.180. The van der Waals surface area contributed by atoms with E-state index in [1.54, 1.807) is 12.1 Å². The van der Waals surface area contributed by atoms with Crippen LogP contribution in [0.25, 0.3) is 0 Å². The van der Waals surface area contributed by atoms with Gasteiger partial charge in [-0.2, -0.15) is 0 Å². The molecule has 58 valence electrons. The lowest BCUT2D eigenvalue weighted by Crippen LogP contribution is -1.87. The quantitative estimate of drug-likeness (QED) is 0.553. The summed E-state index contributed by atoms with van der Waals surface area (Å²) in [6, 6.07) is 4.66. The van der Waals surface area contributed by atoms with E-state index in [0.717, 1.165) is 0 Å². The van der Waals surface area contributed by atoms with Crippen molar-refractivity contribution in [1.29, 1.82) is 0 Å². The van der Waals surface area contributed by atoms with Crippen molar-refractivity contribution in [3.63, 3.8) is 0 Å². The maximum Gasteiger partial charge on any atom is 0.252 e. The lowest BCUT2D eigenvalue weighted by atomic mass is 10.2. The molecule has 0 aliphatic rings. The van der Waals surface area contributed by atoms with E-state index in [9.17, 15) is 4.79 Å². The molecule has 1 nitrogen and oxygen atoms in total. The first-order chi connectivity index (χ1) is 5.11. The summed E-state index contributed by atoms with van der Waals surface area (Å²) in [4.78, 5) is 11.2. The number of halogens is 2. The second-order valence-corrected chi connectivity index (χ2v) is 3.17. The highest BCUT2D eigenvalue weighted by Gasteiger charge is 2.03. The van der Waals surface area contributed by atoms with Crippen LogP contribution in [0.4, 0.5) is 0 Å². The molecule has 0 N–H and O–H groups in total. The molecule has 0 bridgehead atoms. The first-order valence-corrected chi connectivity index (χ1v) is 4.00. The molecule has 11 heavy (non-hydrogen) atoms. The minimum atomic E-state index is -0.503. The third-order valence-electron chi connectivity index (χ3n) is 1.17. The van der Waals surface area contributed by atoms with E-state index in [1.165, 1.54) is 6.07 Å². The zero-order chi connectivity index (χ0) is 8.43. The van der Waals surface area contributed by atoms with Crippen LogP contribution in [0.3, 0.4) is 0 Å². The second kappa shape index (κ2) is 3.48. The van der Waals surface area contributed by atoms with Crippen molar-refractivity contribution >= 4 is 41.1 Å². The summed E-state index contributed by atoms with van der Waals surface area (Å²) in [6.45, 7) is 0. The Balaban J connectivity index is 3.15. The van der Waals surface area contributed by atoms with Crippen LogP contribution in [-0.4, -0.2) is 5.24 Å². The minimum Gasteiger partial charge on any atom is -0.276 e. The fraction of sp³-hybridized carbons (Fsp3) is 0. The summed E-state index contributed by atoms with van der Waals surface area (Å²) in [6.07, 6.45) is 0. The third-order valence-corrected chi connectivity index (χ3v) is 2.22. The van der Waals surface area contributed by atoms with E-state index in [1.807, 2.05) is 0 Å². The van der Waals surface area contributed by atoms with Gasteiger partial charge in [-0.15, -0.1) is 12.6 Å². The van der Waals surface area contributed by atoms with Crippen LogP contribution in [0.1, 0.15) is 10.4 Å². The van der Waals surface area contributed by atoms with Gasteiger partial charge in [0.25, 0.3) is 5.24 Å². The molecule has 1 aromatic rings. The van der Waals surface area contributed by atoms with Gasteiger partial charge in [0, 0.05) is 10.5 Å². The standard InChI is InChI=1S/C7H4Cl2OS/c8-5-2-1-4(7(9)10)3-6(5)11/h1-3,11H. The van der Waals surface area contributed by atoms with Crippen molar-refractivity contribution in [2.45, 2.75) is 4.90 Å². The van der Waals surface area contributed by atoms with E-state index < -0.39 is 5.24 Å². The fourth-order valence-electron chi connectivity index (χ4n) is 0.635. The van der Waals surface area contributed by atoms with Crippen LogP contribution in [0.15, 0.2) is 23.1 Å². The smallest absolute Gasteiger partial charge is 0.252 e. The Labute approximate surface area is 79.7 Å². The molecule has 1 aromatic carbocycles. The minimum absolute atomic E-state index is 0.404. The van der Waals surface area contributed by atoms with Gasteiger partial charge < -0.3 is 0 Å². The summed E-state index contributed by atoms with van der Waals surface area (Å²) in [5.41, 5.74) is 0.404. The van der Waals surface area contributed by atoms with Gasteiger partial charge in [-0.1, -0.05) is 11.6 Å². The van der Waals surface area contributed by atoms with Gasteiger partial charge in [0.05, 0.1) is 5.02 Å². The largest absolute Gasteiger partial charge is 0.276 e. The zero-order valence-corrected chi connectivity index (χ0v) is 7.75. The summed E-state index contributed by atoms with van der Waals surface area (Å²) in [5.74, 6) is 0. The predicted octanol–water partition coefficient (Wildman–Crippen LogP) is 3.01. The van der Waals surface area contributed by atoms with E-state index in [-0.39, 0.29) is 0 Å². The fourth-order valence-corrected chi connectivity index (χ4v) is 1.08. The Morgan fingerprint density at radius 1 is 1.45 bits per heavy atom. The molecule has 0 fully saturated rings. The third kappa shape index (κ3) is 2.12. The molecule has 0 heterocycles. The normalized spacial score (nSPS) is 9.73. The number of rotatable bonds is 1. The van der Waals surface area contributed by atoms with Crippen LogP contribution in [-0.2, 0) is 0 Å². The Kier molecular flexibility index (Phi) is 2.82. The van der Waals surface area contributed by atoms with Crippen molar-refractivity contribution in [3.05, 3.63) is 28.8 Å². The van der Waals surface area contributed by atoms with Gasteiger partial charge in [-0.3, -0.25) is 4.79 Å². The first-order valence-electron chi connectivity index (χ1n) is 2.79. The summed E-state index contributed by atoms with van der Waals surface area (Å²) >= 11 is 14.9. The van der Waals surface area contributed by atoms with Gasteiger partial charge in [0.1, 0.15) is 0 Å². The molecular weight excluding hydrogens is 203 g/mol. The van der Waals surface area contributed by atoms with Crippen LogP contribution in [0.5, 0.6) is 0 Å². The van der Waals surface area contributed by atoms with Crippen LogP contribution in [0, 0.1) is 0 Å². The molecule has 4 heteroatoms. The molecule has 0 saturated heterocycles. The molecule has 0 radical (unpaired) electrons. The summed E-state index contributed by atoms with van der Waals surface area (Å²) < 4.78 is 0. The molecule has 0 spiro atoms. The van der Waals surface area contributed by atoms with Gasteiger partial charge in [-0.25, -0.2) is 0 Å². The van der Waals surface area contributed by atoms with E-state index in [2.05, 4.69) is 12.6 Å². The van der Waals surface area contributed by atoms with Crippen molar-refractivity contribution < 1.29 is 4.79 Å². The van der Waals surface area contributed by atoms with Gasteiger partial charge in [0.2, 0.25) is 0 Å². The highest BCUT2D eigenvalue weighted by atomic mass is 35.5. The molecular formula is C7H4Cl2OS. The number of carbonyl (C=O) groups is 1. The lowest BCUT2D eigenvalue weighted by molar-refractivity contribution is 0.108. The Bertz CT molecular complexity index is 298. The van der Waals surface area contributed by atoms with Crippen LogP contribution < -0.4 is 0 Å². The number of thiol groups is 1. The molecule has 1 rings (SSSR count). The monoisotopic (exact) mass is 206 g/mol. The lowest BCUT2D eigenvalue weighted by Gasteiger charge is -1.97. The van der Waals surface area contributed by atoms with E-state index >= 15 is 0 Å². The van der Waals surface area contributed by atoms with Gasteiger partial charge in [0.15, 0.2) is 0 Å². The van der Waals surface area contributed by atoms with Crippen molar-refractivity contribution in [2.75, 3.05) is 0 Å². The highest BCUT2D eigenvalue weighted by molar-refractivity contribution is 7.80. The van der Waals surface area contributed by atoms with Crippen molar-refractivity contribution in [2.24, 2.45) is 0 Å². The topological polar surface area (TPSA) is 17.1 Å². The number of carbonyl (C=O) groups excluding carboxylic acids is 1. The van der Waals surface area contributed by atoms with E-state index in [0.29, 0.717) is 15.5 Å². The number of hydrogen-bond acceptors (Lipinski definition) is 2. The molecule has 0 aromatic heterocycles. The maximum atomic E-state index is 10.6. The Morgan fingerprint density at radius 3 is 2.55 bits per heavy atom. The summed E-state index contributed by atoms with van der Waals surface area (Å²) in [5, 5.41) is 0.00645. The molecule has 0 atom stereocenters. The highest BCUT2D eigenvalue weighted by Crippen LogP contribution is 2.21.